The van der Waals surface area contributed by atoms with E-state index in [2.05, 4.69) is 37.1 Å². The molecule has 1 N–H and O–H groups in total. The number of anilines is 1. The molecule has 4 heteroatoms. The largest absolute Gasteiger partial charge is 0.453 e. The smallest absolute Gasteiger partial charge is 0.155 e. The van der Waals surface area contributed by atoms with Crippen molar-refractivity contribution in [3.8, 4) is 11.5 Å². The van der Waals surface area contributed by atoms with Gasteiger partial charge in [0.2, 0.25) is 0 Å². The summed E-state index contributed by atoms with van der Waals surface area (Å²) in [6.45, 7) is 9.89. The molecule has 1 heterocycles. The van der Waals surface area contributed by atoms with E-state index >= 15 is 0 Å². The van der Waals surface area contributed by atoms with Gasteiger partial charge >= 0.3 is 0 Å². The second kappa shape index (κ2) is 5.79. The quantitative estimate of drug-likeness (QED) is 0.745. The topological polar surface area (TPSA) is 50.4 Å². The zero-order valence-corrected chi connectivity index (χ0v) is 13.5. The van der Waals surface area contributed by atoms with Gasteiger partial charge < -0.3 is 9.73 Å². The van der Waals surface area contributed by atoms with Crippen LogP contribution in [-0.4, -0.2) is 18.1 Å². The molecule has 0 fully saturated rings. The summed E-state index contributed by atoms with van der Waals surface area (Å²) < 4.78 is 6.07. The van der Waals surface area contributed by atoms with Crippen molar-refractivity contribution < 1.29 is 4.42 Å². The zero-order chi connectivity index (χ0) is 15.7. The minimum atomic E-state index is 0.761. The molecule has 0 aromatic heterocycles. The van der Waals surface area contributed by atoms with Gasteiger partial charge in [-0.05, 0) is 51.0 Å². The van der Waals surface area contributed by atoms with Crippen LogP contribution in [0.4, 0.5) is 5.69 Å². The third-order valence-corrected chi connectivity index (χ3v) is 3.74. The number of hydrogen-bond acceptors (Lipinski definition) is 4. The standard InChI is InChI=1S/C18H21N3O/c1-5-19-13-9-17-15(7-11(13)3)21-16-8-12(4)14(20-6-2)10-18(16)22-17/h7-10,19H,5-6H2,1-4H3/b20-14+. The normalized spacial score (nSPS) is 12.3. The lowest BCUT2D eigenvalue weighted by molar-refractivity contribution is 0.611. The van der Waals surface area contributed by atoms with Gasteiger partial charge in [-0.2, -0.15) is 0 Å². The van der Waals surface area contributed by atoms with Crippen LogP contribution in [0.25, 0.3) is 22.6 Å². The molecule has 0 saturated heterocycles. The van der Waals surface area contributed by atoms with Crippen molar-refractivity contribution in [2.75, 3.05) is 18.4 Å². The number of benzene rings is 2. The maximum absolute atomic E-state index is 6.07. The van der Waals surface area contributed by atoms with E-state index in [-0.39, 0.29) is 0 Å². The second-order valence-electron chi connectivity index (χ2n) is 5.46. The fourth-order valence-electron chi connectivity index (χ4n) is 2.64. The summed E-state index contributed by atoms with van der Waals surface area (Å²) in [6.07, 6.45) is 0. The highest BCUT2D eigenvalue weighted by molar-refractivity contribution is 5.81. The average molecular weight is 295 g/mol. The van der Waals surface area contributed by atoms with E-state index < -0.39 is 0 Å². The highest BCUT2D eigenvalue weighted by atomic mass is 16.3. The maximum Gasteiger partial charge on any atom is 0.155 e. The Hall–Kier alpha value is -2.36. The highest BCUT2D eigenvalue weighted by Crippen LogP contribution is 2.28. The van der Waals surface area contributed by atoms with E-state index in [1.165, 1.54) is 5.56 Å². The van der Waals surface area contributed by atoms with Crippen molar-refractivity contribution in [1.29, 1.82) is 0 Å². The van der Waals surface area contributed by atoms with Crippen molar-refractivity contribution in [3.63, 3.8) is 0 Å². The molecule has 0 saturated carbocycles. The van der Waals surface area contributed by atoms with Crippen molar-refractivity contribution in [2.45, 2.75) is 27.7 Å². The number of nitrogens with zero attached hydrogens (tertiary/aromatic N) is 2. The summed E-state index contributed by atoms with van der Waals surface area (Å²) in [5.74, 6) is 0.775. The highest BCUT2D eigenvalue weighted by Gasteiger charge is 2.12. The molecule has 114 valence electrons. The molecular formula is C18H21N3O. The van der Waals surface area contributed by atoms with Gasteiger partial charge in [0.05, 0.1) is 5.36 Å². The lowest BCUT2D eigenvalue weighted by Gasteiger charge is -2.11. The Morgan fingerprint density at radius 1 is 1.09 bits per heavy atom. The Balaban J connectivity index is 2.28. The summed E-state index contributed by atoms with van der Waals surface area (Å²) in [7, 11) is 0. The molecule has 0 atom stereocenters. The lowest BCUT2D eigenvalue weighted by atomic mass is 10.1. The number of rotatable bonds is 3. The van der Waals surface area contributed by atoms with Gasteiger partial charge in [-0.25, -0.2) is 4.98 Å². The summed E-state index contributed by atoms with van der Waals surface area (Å²) in [6, 6.07) is 8.11. The summed E-state index contributed by atoms with van der Waals surface area (Å²) >= 11 is 0. The molecule has 2 aliphatic rings. The maximum atomic E-state index is 6.07. The van der Waals surface area contributed by atoms with Gasteiger partial charge in [0, 0.05) is 30.9 Å². The third kappa shape index (κ3) is 2.56. The van der Waals surface area contributed by atoms with Crippen LogP contribution >= 0.6 is 0 Å². The monoisotopic (exact) mass is 295 g/mol. The molecule has 1 aliphatic carbocycles. The summed E-state index contributed by atoms with van der Waals surface area (Å²) in [5, 5.41) is 4.32. The van der Waals surface area contributed by atoms with E-state index in [9.17, 15) is 0 Å². The van der Waals surface area contributed by atoms with Gasteiger partial charge in [-0.15, -0.1) is 0 Å². The van der Waals surface area contributed by atoms with Gasteiger partial charge in [0.15, 0.2) is 11.3 Å². The fourth-order valence-corrected chi connectivity index (χ4v) is 2.64. The van der Waals surface area contributed by atoms with E-state index in [0.717, 1.165) is 52.3 Å². The van der Waals surface area contributed by atoms with E-state index in [1.807, 2.05) is 25.1 Å². The molecule has 22 heavy (non-hydrogen) atoms. The Morgan fingerprint density at radius 2 is 1.91 bits per heavy atom. The molecule has 0 bridgehead atoms. The predicted molar refractivity (Wildman–Crippen MR) is 90.4 cm³/mol. The average Bonchev–Trinajstić information content (AvgIpc) is 2.48. The first kappa shape index (κ1) is 14.6. The molecule has 3 rings (SSSR count). The molecule has 0 spiro atoms. The Morgan fingerprint density at radius 3 is 2.64 bits per heavy atom. The van der Waals surface area contributed by atoms with Crippen LogP contribution in [0.3, 0.4) is 0 Å². The van der Waals surface area contributed by atoms with Crippen LogP contribution in [0, 0.1) is 13.8 Å². The third-order valence-electron chi connectivity index (χ3n) is 3.74. The minimum absolute atomic E-state index is 0.761. The van der Waals surface area contributed by atoms with Crippen LogP contribution in [0.1, 0.15) is 25.0 Å². The van der Waals surface area contributed by atoms with E-state index in [1.54, 1.807) is 0 Å². The van der Waals surface area contributed by atoms with Gasteiger partial charge in [-0.1, -0.05) is 0 Å². The first-order valence-electron chi connectivity index (χ1n) is 7.72. The molecule has 1 aromatic carbocycles. The van der Waals surface area contributed by atoms with Crippen molar-refractivity contribution in [3.05, 3.63) is 40.7 Å². The van der Waals surface area contributed by atoms with E-state index in [4.69, 9.17) is 9.40 Å². The molecule has 0 amide bonds. The van der Waals surface area contributed by atoms with Crippen molar-refractivity contribution >= 4 is 16.8 Å². The Kier molecular flexibility index (Phi) is 3.84. The van der Waals surface area contributed by atoms with Crippen LogP contribution < -0.4 is 10.7 Å². The molecule has 0 unspecified atom stereocenters. The first-order valence-corrected chi connectivity index (χ1v) is 7.72. The van der Waals surface area contributed by atoms with Crippen molar-refractivity contribution in [1.82, 2.24) is 4.98 Å². The van der Waals surface area contributed by atoms with Gasteiger partial charge in [0.25, 0.3) is 0 Å². The number of fused-ring (bicyclic) bond motifs is 2. The van der Waals surface area contributed by atoms with Gasteiger partial charge in [-0.3, -0.25) is 4.99 Å². The van der Waals surface area contributed by atoms with Crippen molar-refractivity contribution in [2.24, 2.45) is 4.99 Å². The lowest BCUT2D eigenvalue weighted by Crippen LogP contribution is -2.09. The fraction of sp³-hybridized carbons (Fsp3) is 0.333. The van der Waals surface area contributed by atoms with Crippen LogP contribution in [-0.2, 0) is 0 Å². The van der Waals surface area contributed by atoms with Crippen LogP contribution in [0.15, 0.2) is 33.7 Å². The van der Waals surface area contributed by atoms with Gasteiger partial charge in [0.1, 0.15) is 11.2 Å². The molecular weight excluding hydrogens is 274 g/mol. The molecule has 1 aliphatic heterocycles. The predicted octanol–water partition coefficient (Wildman–Crippen LogP) is 3.90. The molecule has 0 radical (unpaired) electrons. The number of aromatic nitrogens is 1. The van der Waals surface area contributed by atoms with Crippen LogP contribution in [0.5, 0.6) is 0 Å². The number of hydrogen-bond donors (Lipinski definition) is 1. The second-order valence-corrected chi connectivity index (χ2v) is 5.46. The summed E-state index contributed by atoms with van der Waals surface area (Å²) in [5.41, 5.74) is 5.93. The van der Waals surface area contributed by atoms with Crippen LogP contribution in [0.2, 0.25) is 0 Å². The number of nitrogens with one attached hydrogen (secondary N) is 1. The Labute approximate surface area is 130 Å². The Bertz CT molecular complexity index is 864. The number of aryl methyl sites for hydroxylation is 2. The minimum Gasteiger partial charge on any atom is -0.453 e. The zero-order valence-electron chi connectivity index (χ0n) is 13.5. The summed E-state index contributed by atoms with van der Waals surface area (Å²) in [4.78, 5) is 9.24. The molecule has 4 nitrogen and oxygen atoms in total. The molecule has 1 aromatic rings. The van der Waals surface area contributed by atoms with E-state index in [0.29, 0.717) is 0 Å². The SMILES string of the molecule is CC/N=c1\cc2oc3cc(NCC)c(C)cc3nc-2cc1C. The first-order chi connectivity index (χ1) is 10.6.